The van der Waals surface area contributed by atoms with Gasteiger partial charge in [0.1, 0.15) is 5.75 Å². The van der Waals surface area contributed by atoms with Gasteiger partial charge in [0.15, 0.2) is 11.6 Å². The Morgan fingerprint density at radius 3 is 2.31 bits per heavy atom. The molecule has 1 aromatic rings. The SMILES string of the molecule is COc1ccc(F)c(OC)c1C(C)(C)CO. The van der Waals surface area contributed by atoms with Crippen LogP contribution in [0.25, 0.3) is 0 Å². The first-order valence-corrected chi connectivity index (χ1v) is 4.99. The van der Waals surface area contributed by atoms with E-state index >= 15 is 0 Å². The predicted octanol–water partition coefficient (Wildman–Crippen LogP) is 2.11. The molecule has 16 heavy (non-hydrogen) atoms. The molecule has 0 amide bonds. The van der Waals surface area contributed by atoms with E-state index in [-0.39, 0.29) is 12.4 Å². The molecular weight excluding hydrogens is 211 g/mol. The first-order chi connectivity index (χ1) is 7.47. The molecule has 1 aromatic carbocycles. The molecule has 0 saturated heterocycles. The topological polar surface area (TPSA) is 38.7 Å². The van der Waals surface area contributed by atoms with Crippen LogP contribution in [0.15, 0.2) is 12.1 Å². The van der Waals surface area contributed by atoms with Crippen molar-refractivity contribution in [2.45, 2.75) is 19.3 Å². The highest BCUT2D eigenvalue weighted by molar-refractivity contribution is 5.50. The monoisotopic (exact) mass is 228 g/mol. The number of ether oxygens (including phenoxy) is 2. The maximum absolute atomic E-state index is 13.6. The summed E-state index contributed by atoms with van der Waals surface area (Å²) in [5.74, 6) is 0.176. The van der Waals surface area contributed by atoms with Gasteiger partial charge in [-0.1, -0.05) is 13.8 Å². The third-order valence-corrected chi connectivity index (χ3v) is 2.57. The maximum Gasteiger partial charge on any atom is 0.165 e. The third-order valence-electron chi connectivity index (χ3n) is 2.57. The Labute approximate surface area is 94.8 Å². The lowest BCUT2D eigenvalue weighted by Gasteiger charge is -2.26. The molecule has 0 bridgehead atoms. The first kappa shape index (κ1) is 12.8. The van der Waals surface area contributed by atoms with E-state index in [1.807, 2.05) is 0 Å². The van der Waals surface area contributed by atoms with Crippen molar-refractivity contribution in [3.05, 3.63) is 23.5 Å². The van der Waals surface area contributed by atoms with E-state index in [0.717, 1.165) is 0 Å². The standard InChI is InChI=1S/C12H17FO3/c1-12(2,7-14)10-9(15-3)6-5-8(13)11(10)16-4/h5-6,14H,7H2,1-4H3. The highest BCUT2D eigenvalue weighted by Crippen LogP contribution is 2.40. The molecule has 1 N–H and O–H groups in total. The van der Waals surface area contributed by atoms with Crippen LogP contribution >= 0.6 is 0 Å². The number of benzene rings is 1. The van der Waals surface area contributed by atoms with Crippen molar-refractivity contribution in [3.63, 3.8) is 0 Å². The van der Waals surface area contributed by atoms with Gasteiger partial charge in [-0.25, -0.2) is 4.39 Å². The van der Waals surface area contributed by atoms with E-state index < -0.39 is 11.2 Å². The summed E-state index contributed by atoms with van der Waals surface area (Å²) in [6.45, 7) is 3.47. The Bertz CT molecular complexity index is 375. The number of aliphatic hydroxyl groups excluding tert-OH is 1. The Morgan fingerprint density at radius 2 is 1.88 bits per heavy atom. The molecule has 1 rings (SSSR count). The highest BCUT2D eigenvalue weighted by Gasteiger charge is 2.29. The normalized spacial score (nSPS) is 11.4. The number of halogens is 1. The Balaban J connectivity index is 3.48. The van der Waals surface area contributed by atoms with Crippen molar-refractivity contribution in [1.82, 2.24) is 0 Å². The second-order valence-corrected chi connectivity index (χ2v) is 4.20. The molecule has 0 unspecified atom stereocenters. The minimum absolute atomic E-state index is 0.122. The van der Waals surface area contributed by atoms with E-state index in [1.165, 1.54) is 26.4 Å². The zero-order valence-electron chi connectivity index (χ0n) is 10.0. The van der Waals surface area contributed by atoms with E-state index in [4.69, 9.17) is 9.47 Å². The van der Waals surface area contributed by atoms with E-state index in [2.05, 4.69) is 0 Å². The van der Waals surface area contributed by atoms with E-state index in [1.54, 1.807) is 13.8 Å². The van der Waals surface area contributed by atoms with Crippen LogP contribution < -0.4 is 9.47 Å². The quantitative estimate of drug-likeness (QED) is 0.857. The molecule has 0 aliphatic carbocycles. The second kappa shape index (κ2) is 4.70. The van der Waals surface area contributed by atoms with Gasteiger partial charge in [0.25, 0.3) is 0 Å². The Morgan fingerprint density at radius 1 is 1.25 bits per heavy atom. The van der Waals surface area contributed by atoms with Gasteiger partial charge in [-0.05, 0) is 12.1 Å². The largest absolute Gasteiger partial charge is 0.496 e. The van der Waals surface area contributed by atoms with Crippen LogP contribution in [0.2, 0.25) is 0 Å². The van der Waals surface area contributed by atoms with Crippen molar-refractivity contribution in [2.75, 3.05) is 20.8 Å². The van der Waals surface area contributed by atoms with Crippen molar-refractivity contribution in [2.24, 2.45) is 0 Å². The zero-order chi connectivity index (χ0) is 12.3. The summed E-state index contributed by atoms with van der Waals surface area (Å²) in [4.78, 5) is 0. The van der Waals surface area contributed by atoms with Gasteiger partial charge in [-0.3, -0.25) is 0 Å². The fourth-order valence-electron chi connectivity index (χ4n) is 1.63. The maximum atomic E-state index is 13.6. The molecule has 0 aromatic heterocycles. The number of hydrogen-bond acceptors (Lipinski definition) is 3. The minimum Gasteiger partial charge on any atom is -0.496 e. The molecule has 0 spiro atoms. The van der Waals surface area contributed by atoms with Gasteiger partial charge >= 0.3 is 0 Å². The van der Waals surface area contributed by atoms with Gasteiger partial charge in [0.2, 0.25) is 0 Å². The summed E-state index contributed by atoms with van der Waals surface area (Å²) in [5.41, 5.74) is -0.0845. The number of aliphatic hydroxyl groups is 1. The molecule has 0 atom stereocenters. The fourth-order valence-corrected chi connectivity index (χ4v) is 1.63. The molecule has 0 aliphatic heterocycles. The van der Waals surface area contributed by atoms with Crippen molar-refractivity contribution >= 4 is 0 Å². The van der Waals surface area contributed by atoms with Gasteiger partial charge in [0, 0.05) is 11.0 Å². The molecule has 90 valence electrons. The van der Waals surface area contributed by atoms with Gasteiger partial charge in [-0.15, -0.1) is 0 Å². The van der Waals surface area contributed by atoms with Gasteiger partial charge < -0.3 is 14.6 Å². The smallest absolute Gasteiger partial charge is 0.165 e. The molecule has 4 heteroatoms. The van der Waals surface area contributed by atoms with Crippen LogP contribution in [0.5, 0.6) is 11.5 Å². The minimum atomic E-state index is -0.626. The molecule has 0 saturated carbocycles. The number of methoxy groups -OCH3 is 2. The third kappa shape index (κ3) is 2.11. The average molecular weight is 228 g/mol. The fraction of sp³-hybridized carbons (Fsp3) is 0.500. The van der Waals surface area contributed by atoms with Crippen molar-refractivity contribution in [3.8, 4) is 11.5 Å². The molecule has 0 fully saturated rings. The molecule has 3 nitrogen and oxygen atoms in total. The molecule has 0 aliphatic rings. The van der Waals surface area contributed by atoms with Gasteiger partial charge in [0.05, 0.1) is 20.8 Å². The first-order valence-electron chi connectivity index (χ1n) is 4.99. The lowest BCUT2D eigenvalue weighted by Crippen LogP contribution is -2.24. The summed E-state index contributed by atoms with van der Waals surface area (Å²) in [6.07, 6.45) is 0. The van der Waals surface area contributed by atoms with E-state index in [9.17, 15) is 9.50 Å². The number of rotatable bonds is 4. The van der Waals surface area contributed by atoms with Crippen molar-refractivity contribution in [1.29, 1.82) is 0 Å². The van der Waals surface area contributed by atoms with Crippen LogP contribution in [0.4, 0.5) is 4.39 Å². The average Bonchev–Trinajstić information content (AvgIpc) is 2.28. The predicted molar refractivity (Wildman–Crippen MR) is 59.6 cm³/mol. The van der Waals surface area contributed by atoms with Crippen LogP contribution in [0.1, 0.15) is 19.4 Å². The molecular formula is C12H17FO3. The Kier molecular flexibility index (Phi) is 3.75. The second-order valence-electron chi connectivity index (χ2n) is 4.20. The summed E-state index contributed by atoms with van der Waals surface area (Å²) in [6, 6.07) is 2.82. The lowest BCUT2D eigenvalue weighted by atomic mass is 9.84. The lowest BCUT2D eigenvalue weighted by molar-refractivity contribution is 0.209. The van der Waals surface area contributed by atoms with Crippen LogP contribution in [0, 0.1) is 5.82 Å². The van der Waals surface area contributed by atoms with E-state index in [0.29, 0.717) is 11.3 Å². The summed E-state index contributed by atoms with van der Waals surface area (Å²) in [7, 11) is 2.90. The van der Waals surface area contributed by atoms with Crippen molar-refractivity contribution < 1.29 is 19.0 Å². The van der Waals surface area contributed by atoms with Crippen LogP contribution in [0.3, 0.4) is 0 Å². The molecule has 0 radical (unpaired) electrons. The highest BCUT2D eigenvalue weighted by atomic mass is 19.1. The molecule has 0 heterocycles. The Hall–Kier alpha value is -1.29. The summed E-state index contributed by atoms with van der Waals surface area (Å²) >= 11 is 0. The van der Waals surface area contributed by atoms with Crippen LogP contribution in [-0.2, 0) is 5.41 Å². The van der Waals surface area contributed by atoms with Gasteiger partial charge in [-0.2, -0.15) is 0 Å². The van der Waals surface area contributed by atoms with Crippen LogP contribution in [-0.4, -0.2) is 25.9 Å². The zero-order valence-corrected chi connectivity index (χ0v) is 10.0. The number of hydrogen-bond donors (Lipinski definition) is 1. The summed E-state index contributed by atoms with van der Waals surface area (Å²) < 4.78 is 23.8. The summed E-state index contributed by atoms with van der Waals surface area (Å²) in [5, 5.41) is 9.34.